The van der Waals surface area contributed by atoms with Gasteiger partial charge in [-0.1, -0.05) is 30.3 Å². The Hall–Kier alpha value is -1.90. The molecular weight excluding hydrogens is 183 g/mol. The Labute approximate surface area is 79.6 Å². The van der Waals surface area contributed by atoms with E-state index < -0.39 is 11.8 Å². The Morgan fingerprint density at radius 2 is 1.79 bits per heavy atom. The molecule has 2 aromatic carbocycles. The van der Waals surface area contributed by atoms with Crippen molar-refractivity contribution >= 4 is 16.7 Å². The van der Waals surface area contributed by atoms with E-state index in [0.717, 1.165) is 0 Å². The van der Waals surface area contributed by atoms with Gasteiger partial charge in [0, 0.05) is 10.9 Å². The van der Waals surface area contributed by atoms with E-state index >= 15 is 0 Å². The minimum absolute atomic E-state index is 0.106. The lowest BCUT2D eigenvalue weighted by Crippen LogP contribution is -2.22. The maximum Gasteiger partial charge on any atom is 0.131 e. The number of aromatic carboxylic acids is 1. The lowest BCUT2D eigenvalue weighted by atomic mass is 10.0. The zero-order chi connectivity index (χ0) is 10.1. The lowest BCUT2D eigenvalue weighted by Gasteiger charge is -2.07. The number of hydrogen-bond acceptors (Lipinski definition) is 2. The molecule has 2 aromatic rings. The van der Waals surface area contributed by atoms with E-state index in [1.54, 1.807) is 18.2 Å². The van der Waals surface area contributed by atoms with Gasteiger partial charge in [0.2, 0.25) is 0 Å². The number of halogens is 1. The zero-order valence-electron chi connectivity index (χ0n) is 7.16. The van der Waals surface area contributed by atoms with Crippen LogP contribution < -0.4 is 5.11 Å². The van der Waals surface area contributed by atoms with Crippen LogP contribution in [0.5, 0.6) is 0 Å². The third-order valence-electron chi connectivity index (χ3n) is 2.07. The van der Waals surface area contributed by atoms with Crippen molar-refractivity contribution in [2.45, 2.75) is 0 Å². The van der Waals surface area contributed by atoms with E-state index in [1.807, 2.05) is 0 Å². The van der Waals surface area contributed by atoms with Gasteiger partial charge in [-0.25, -0.2) is 4.39 Å². The quantitative estimate of drug-likeness (QED) is 0.679. The Morgan fingerprint density at radius 1 is 1.14 bits per heavy atom. The third kappa shape index (κ3) is 1.23. The Bertz CT molecular complexity index is 500. The van der Waals surface area contributed by atoms with Gasteiger partial charge in [-0.05, 0) is 11.5 Å². The van der Waals surface area contributed by atoms with E-state index in [0.29, 0.717) is 5.39 Å². The van der Waals surface area contributed by atoms with Crippen molar-refractivity contribution < 1.29 is 14.3 Å². The number of fused-ring (bicyclic) bond motifs is 1. The average molecular weight is 189 g/mol. The minimum atomic E-state index is -1.36. The molecule has 2 nitrogen and oxygen atoms in total. The maximum atomic E-state index is 13.3. The Morgan fingerprint density at radius 3 is 2.43 bits per heavy atom. The van der Waals surface area contributed by atoms with Crippen molar-refractivity contribution in [1.29, 1.82) is 0 Å². The zero-order valence-corrected chi connectivity index (χ0v) is 7.16. The molecule has 0 saturated heterocycles. The number of carboxylic acids is 1. The van der Waals surface area contributed by atoms with Crippen LogP contribution in [0.4, 0.5) is 4.39 Å². The first-order chi connectivity index (χ1) is 6.70. The first kappa shape index (κ1) is 8.69. The van der Waals surface area contributed by atoms with E-state index in [4.69, 9.17) is 0 Å². The van der Waals surface area contributed by atoms with E-state index in [1.165, 1.54) is 18.2 Å². The van der Waals surface area contributed by atoms with Crippen molar-refractivity contribution in [2.24, 2.45) is 0 Å². The summed E-state index contributed by atoms with van der Waals surface area (Å²) in [6.07, 6.45) is 0. The minimum Gasteiger partial charge on any atom is -0.545 e. The third-order valence-corrected chi connectivity index (χ3v) is 2.07. The van der Waals surface area contributed by atoms with Gasteiger partial charge in [-0.15, -0.1) is 0 Å². The van der Waals surface area contributed by atoms with Crippen LogP contribution in [-0.2, 0) is 0 Å². The largest absolute Gasteiger partial charge is 0.545 e. The molecule has 0 amide bonds. The second-order valence-electron chi connectivity index (χ2n) is 2.93. The molecule has 70 valence electrons. The molecule has 0 unspecified atom stereocenters. The molecule has 2 rings (SSSR count). The monoisotopic (exact) mass is 189 g/mol. The van der Waals surface area contributed by atoms with Crippen LogP contribution in [0.2, 0.25) is 0 Å². The molecule has 0 aliphatic rings. The number of carboxylic acid groups (broad SMARTS) is 1. The normalized spacial score (nSPS) is 10.4. The molecule has 0 fully saturated rings. The smallest absolute Gasteiger partial charge is 0.131 e. The van der Waals surface area contributed by atoms with Gasteiger partial charge >= 0.3 is 0 Å². The van der Waals surface area contributed by atoms with Crippen LogP contribution >= 0.6 is 0 Å². The standard InChI is InChI=1S/C11H7FO2/c12-9-6-2-4-7-3-1-5-8(10(7)9)11(13)14/h1-6H,(H,13,14)/p-1. The number of hydrogen-bond donors (Lipinski definition) is 0. The van der Waals surface area contributed by atoms with Gasteiger partial charge in [0.05, 0.1) is 5.97 Å². The molecule has 0 spiro atoms. The van der Waals surface area contributed by atoms with Crippen LogP contribution in [0, 0.1) is 5.82 Å². The summed E-state index contributed by atoms with van der Waals surface area (Å²) in [5.74, 6) is -1.90. The van der Waals surface area contributed by atoms with Crippen molar-refractivity contribution in [3.8, 4) is 0 Å². The Kier molecular flexibility index (Phi) is 1.93. The highest BCUT2D eigenvalue weighted by Crippen LogP contribution is 2.21. The lowest BCUT2D eigenvalue weighted by molar-refractivity contribution is -0.254. The second kappa shape index (κ2) is 3.10. The fraction of sp³-hybridized carbons (Fsp3) is 0. The number of carbonyl (C=O) groups excluding carboxylic acids is 1. The predicted molar refractivity (Wildman–Crippen MR) is 48.2 cm³/mol. The molecule has 0 heterocycles. The van der Waals surface area contributed by atoms with Gasteiger partial charge < -0.3 is 9.90 Å². The van der Waals surface area contributed by atoms with Gasteiger partial charge in [0.1, 0.15) is 5.82 Å². The molecule has 0 aliphatic heterocycles. The van der Waals surface area contributed by atoms with Crippen molar-refractivity contribution in [2.75, 3.05) is 0 Å². The first-order valence-corrected chi connectivity index (χ1v) is 4.09. The van der Waals surface area contributed by atoms with Gasteiger partial charge in [-0.3, -0.25) is 0 Å². The summed E-state index contributed by atoms with van der Waals surface area (Å²) < 4.78 is 13.3. The summed E-state index contributed by atoms with van der Waals surface area (Å²) in [6.45, 7) is 0. The van der Waals surface area contributed by atoms with E-state index in [2.05, 4.69) is 0 Å². The highest BCUT2D eigenvalue weighted by Gasteiger charge is 2.05. The topological polar surface area (TPSA) is 40.1 Å². The summed E-state index contributed by atoms with van der Waals surface area (Å²) in [5.41, 5.74) is -0.111. The number of rotatable bonds is 1. The number of carbonyl (C=O) groups is 1. The first-order valence-electron chi connectivity index (χ1n) is 4.09. The van der Waals surface area contributed by atoms with Gasteiger partial charge in [-0.2, -0.15) is 0 Å². The summed E-state index contributed by atoms with van der Waals surface area (Å²) in [5, 5.41) is 11.4. The average Bonchev–Trinajstić information content (AvgIpc) is 2.17. The second-order valence-corrected chi connectivity index (χ2v) is 2.93. The maximum absolute atomic E-state index is 13.3. The van der Waals surface area contributed by atoms with E-state index in [-0.39, 0.29) is 10.9 Å². The summed E-state index contributed by atoms with van der Waals surface area (Å²) in [7, 11) is 0. The SMILES string of the molecule is O=C([O-])c1cccc2cccc(F)c12. The van der Waals surface area contributed by atoms with Crippen molar-refractivity contribution in [3.05, 3.63) is 47.8 Å². The molecule has 0 aliphatic carbocycles. The van der Waals surface area contributed by atoms with Crippen LogP contribution in [0.1, 0.15) is 10.4 Å². The van der Waals surface area contributed by atoms with Gasteiger partial charge in [0.15, 0.2) is 0 Å². The van der Waals surface area contributed by atoms with Crippen LogP contribution in [0.15, 0.2) is 36.4 Å². The molecule has 3 heteroatoms. The highest BCUT2D eigenvalue weighted by atomic mass is 19.1. The van der Waals surface area contributed by atoms with Crippen molar-refractivity contribution in [1.82, 2.24) is 0 Å². The molecule has 0 radical (unpaired) electrons. The summed E-state index contributed by atoms with van der Waals surface area (Å²) >= 11 is 0. The fourth-order valence-corrected chi connectivity index (χ4v) is 1.47. The molecule has 0 aromatic heterocycles. The molecule has 0 bridgehead atoms. The van der Waals surface area contributed by atoms with Gasteiger partial charge in [0.25, 0.3) is 0 Å². The molecule has 14 heavy (non-hydrogen) atoms. The predicted octanol–water partition coefficient (Wildman–Crippen LogP) is 1.34. The highest BCUT2D eigenvalue weighted by molar-refractivity contribution is 6.02. The van der Waals surface area contributed by atoms with E-state index in [9.17, 15) is 14.3 Å². The molecule has 0 saturated carbocycles. The fourth-order valence-electron chi connectivity index (χ4n) is 1.47. The molecule has 0 N–H and O–H groups in total. The molecule has 0 atom stereocenters. The number of benzene rings is 2. The van der Waals surface area contributed by atoms with Crippen LogP contribution in [0.3, 0.4) is 0 Å². The van der Waals surface area contributed by atoms with Crippen LogP contribution in [0.25, 0.3) is 10.8 Å². The Balaban J connectivity index is 2.91. The van der Waals surface area contributed by atoms with Crippen LogP contribution in [-0.4, -0.2) is 5.97 Å². The molecular formula is C11H6FO2-. The summed E-state index contributed by atoms with van der Waals surface area (Å²) in [4.78, 5) is 10.7. The van der Waals surface area contributed by atoms with Crippen molar-refractivity contribution in [3.63, 3.8) is 0 Å². The summed E-state index contributed by atoms with van der Waals surface area (Å²) in [6, 6.07) is 8.98.